The number of nitrogens with zero attached hydrogens (tertiary/aromatic N) is 3. The van der Waals surface area contributed by atoms with Gasteiger partial charge in [0, 0.05) is 27.6 Å². The number of imidazole rings is 1. The van der Waals surface area contributed by atoms with E-state index < -0.39 is 5.97 Å². The lowest BCUT2D eigenvalue weighted by Crippen LogP contribution is -2.14. The number of hydrogen-bond acceptors (Lipinski definition) is 3. The van der Waals surface area contributed by atoms with Gasteiger partial charge in [-0.2, -0.15) is 0 Å². The van der Waals surface area contributed by atoms with E-state index in [1.807, 2.05) is 30.3 Å². The molecule has 0 amide bonds. The molecule has 6 heteroatoms. The second kappa shape index (κ2) is 10.5. The first kappa shape index (κ1) is 25.5. The van der Waals surface area contributed by atoms with Crippen molar-refractivity contribution in [2.45, 2.75) is 38.1 Å². The number of fused-ring (bicyclic) bond motifs is 2. The standard InChI is InChI=1S/C35H28ClN3O2/c36-28-14-9-22(10-15-28)23-5-4-6-24(19-23)30-16-11-25-20-26(12-17-31(25)37-30)34-38-32-21-27(35(40)41)13-18-33(32)39(34)29-7-2-1-3-8-29/h4-6,9-21,29H,1-3,7-8H2,(H,40,41). The number of aromatic carboxylic acids is 1. The molecule has 1 N–H and O–H groups in total. The summed E-state index contributed by atoms with van der Waals surface area (Å²) in [6.07, 6.45) is 5.86. The number of carboxylic acids is 1. The third-order valence-corrected chi connectivity index (χ3v) is 8.41. The molecule has 1 saturated carbocycles. The molecule has 41 heavy (non-hydrogen) atoms. The molecule has 1 aliphatic carbocycles. The largest absolute Gasteiger partial charge is 0.478 e. The first-order valence-corrected chi connectivity index (χ1v) is 14.4. The van der Waals surface area contributed by atoms with Gasteiger partial charge in [0.15, 0.2) is 0 Å². The Balaban J connectivity index is 1.28. The number of halogens is 1. The number of carbonyl (C=O) groups is 1. The van der Waals surface area contributed by atoms with Crippen molar-refractivity contribution >= 4 is 39.5 Å². The Labute approximate surface area is 243 Å². The average molecular weight is 558 g/mol. The maximum absolute atomic E-state index is 11.6. The molecule has 0 saturated heterocycles. The quantitative estimate of drug-likeness (QED) is 0.229. The molecule has 0 unspecified atom stereocenters. The van der Waals surface area contributed by atoms with Crippen LogP contribution in [0.5, 0.6) is 0 Å². The minimum atomic E-state index is -0.938. The molecular formula is C35H28ClN3O2. The number of pyridine rings is 1. The lowest BCUT2D eigenvalue weighted by molar-refractivity contribution is 0.0697. The Morgan fingerprint density at radius 1 is 0.732 bits per heavy atom. The van der Waals surface area contributed by atoms with Gasteiger partial charge in [-0.3, -0.25) is 0 Å². The zero-order valence-electron chi connectivity index (χ0n) is 22.4. The van der Waals surface area contributed by atoms with Gasteiger partial charge in [-0.1, -0.05) is 67.3 Å². The van der Waals surface area contributed by atoms with Gasteiger partial charge in [-0.15, -0.1) is 0 Å². The van der Waals surface area contributed by atoms with E-state index in [1.165, 1.54) is 19.3 Å². The summed E-state index contributed by atoms with van der Waals surface area (Å²) in [5, 5.41) is 11.3. The molecule has 6 aromatic rings. The van der Waals surface area contributed by atoms with Crippen molar-refractivity contribution in [3.05, 3.63) is 108 Å². The van der Waals surface area contributed by atoms with Gasteiger partial charge in [-0.05, 0) is 84.6 Å². The molecule has 4 aromatic carbocycles. The zero-order chi connectivity index (χ0) is 27.9. The summed E-state index contributed by atoms with van der Waals surface area (Å²) < 4.78 is 2.34. The van der Waals surface area contributed by atoms with E-state index in [4.69, 9.17) is 21.6 Å². The normalized spacial score (nSPS) is 14.1. The molecule has 2 aromatic heterocycles. The highest BCUT2D eigenvalue weighted by Crippen LogP contribution is 2.37. The first-order chi connectivity index (χ1) is 20.0. The summed E-state index contributed by atoms with van der Waals surface area (Å²) in [6.45, 7) is 0. The molecule has 7 rings (SSSR count). The summed E-state index contributed by atoms with van der Waals surface area (Å²) in [5.41, 5.74) is 8.08. The van der Waals surface area contributed by atoms with Crippen LogP contribution in [0.1, 0.15) is 48.5 Å². The number of aromatic nitrogens is 3. The Kier molecular flexibility index (Phi) is 6.52. The monoisotopic (exact) mass is 557 g/mol. The Bertz CT molecular complexity index is 1920. The van der Waals surface area contributed by atoms with Gasteiger partial charge in [0.25, 0.3) is 0 Å². The third kappa shape index (κ3) is 4.87. The van der Waals surface area contributed by atoms with Crippen molar-refractivity contribution in [1.29, 1.82) is 0 Å². The summed E-state index contributed by atoms with van der Waals surface area (Å²) in [7, 11) is 0. The molecule has 0 bridgehead atoms. The smallest absolute Gasteiger partial charge is 0.335 e. The summed E-state index contributed by atoms with van der Waals surface area (Å²) in [6, 6.07) is 32.4. The highest BCUT2D eigenvalue weighted by Gasteiger charge is 2.23. The summed E-state index contributed by atoms with van der Waals surface area (Å²) >= 11 is 6.08. The van der Waals surface area contributed by atoms with Crippen LogP contribution < -0.4 is 0 Å². The van der Waals surface area contributed by atoms with Crippen LogP contribution in [0.25, 0.3) is 55.7 Å². The Hall–Kier alpha value is -4.48. The second-order valence-electron chi connectivity index (χ2n) is 10.8. The summed E-state index contributed by atoms with van der Waals surface area (Å²) in [4.78, 5) is 21.6. The average Bonchev–Trinajstić information content (AvgIpc) is 3.40. The highest BCUT2D eigenvalue weighted by molar-refractivity contribution is 6.30. The van der Waals surface area contributed by atoms with Gasteiger partial charge in [-0.25, -0.2) is 14.8 Å². The van der Waals surface area contributed by atoms with Gasteiger partial charge in [0.05, 0.1) is 27.8 Å². The maximum Gasteiger partial charge on any atom is 0.335 e. The van der Waals surface area contributed by atoms with Gasteiger partial charge < -0.3 is 9.67 Å². The van der Waals surface area contributed by atoms with Crippen molar-refractivity contribution < 1.29 is 9.90 Å². The molecule has 5 nitrogen and oxygen atoms in total. The van der Waals surface area contributed by atoms with Crippen molar-refractivity contribution in [3.63, 3.8) is 0 Å². The van der Waals surface area contributed by atoms with E-state index in [9.17, 15) is 9.90 Å². The zero-order valence-corrected chi connectivity index (χ0v) is 23.2. The van der Waals surface area contributed by atoms with Crippen LogP contribution in [0, 0.1) is 0 Å². The van der Waals surface area contributed by atoms with Crippen molar-refractivity contribution in [2.75, 3.05) is 0 Å². The molecule has 0 spiro atoms. The van der Waals surface area contributed by atoms with Gasteiger partial charge in [0.2, 0.25) is 0 Å². The van der Waals surface area contributed by atoms with Gasteiger partial charge >= 0.3 is 5.97 Å². The van der Waals surface area contributed by atoms with Crippen LogP contribution in [0.15, 0.2) is 97.1 Å². The van der Waals surface area contributed by atoms with E-state index in [0.29, 0.717) is 6.04 Å². The van der Waals surface area contributed by atoms with E-state index >= 15 is 0 Å². The van der Waals surface area contributed by atoms with Crippen LogP contribution >= 0.6 is 11.6 Å². The number of benzene rings is 4. The molecular weight excluding hydrogens is 530 g/mol. The highest BCUT2D eigenvalue weighted by atomic mass is 35.5. The van der Waals surface area contributed by atoms with Crippen molar-refractivity contribution in [1.82, 2.24) is 14.5 Å². The molecule has 0 atom stereocenters. The van der Waals surface area contributed by atoms with Crippen molar-refractivity contribution in [2.24, 2.45) is 0 Å². The van der Waals surface area contributed by atoms with E-state index in [2.05, 4.69) is 59.2 Å². The number of hydrogen-bond donors (Lipinski definition) is 1. The molecule has 202 valence electrons. The minimum absolute atomic E-state index is 0.257. The Morgan fingerprint density at radius 2 is 1.51 bits per heavy atom. The van der Waals surface area contributed by atoms with Crippen LogP contribution in [-0.2, 0) is 0 Å². The SMILES string of the molecule is O=C(O)c1ccc2c(c1)nc(-c1ccc3nc(-c4cccc(-c5ccc(Cl)cc5)c4)ccc3c1)n2C1CCCCC1. The number of rotatable bonds is 5. The lowest BCUT2D eigenvalue weighted by atomic mass is 9.94. The fraction of sp³-hybridized carbons (Fsp3) is 0.171. The molecule has 2 heterocycles. The predicted molar refractivity (Wildman–Crippen MR) is 165 cm³/mol. The fourth-order valence-electron chi connectivity index (χ4n) is 6.07. The Morgan fingerprint density at radius 3 is 2.32 bits per heavy atom. The molecule has 0 aliphatic heterocycles. The van der Waals surface area contributed by atoms with Crippen molar-refractivity contribution in [3.8, 4) is 33.8 Å². The van der Waals surface area contributed by atoms with Gasteiger partial charge in [0.1, 0.15) is 5.82 Å². The van der Waals surface area contributed by atoms with E-state index in [1.54, 1.807) is 12.1 Å². The van der Waals surface area contributed by atoms with Crippen LogP contribution in [0.2, 0.25) is 5.02 Å². The second-order valence-corrected chi connectivity index (χ2v) is 11.2. The van der Waals surface area contributed by atoms with Crippen LogP contribution in [0.4, 0.5) is 0 Å². The predicted octanol–water partition coefficient (Wildman–Crippen LogP) is 9.44. The van der Waals surface area contributed by atoms with E-state index in [0.717, 1.165) is 73.6 Å². The minimum Gasteiger partial charge on any atom is -0.478 e. The third-order valence-electron chi connectivity index (χ3n) is 8.16. The lowest BCUT2D eigenvalue weighted by Gasteiger charge is -2.25. The van der Waals surface area contributed by atoms with E-state index in [-0.39, 0.29) is 5.56 Å². The molecule has 0 radical (unpaired) electrons. The molecule has 1 aliphatic rings. The maximum atomic E-state index is 11.6. The van der Waals surface area contributed by atoms with Crippen LogP contribution in [-0.4, -0.2) is 25.6 Å². The van der Waals surface area contributed by atoms with Crippen LogP contribution in [0.3, 0.4) is 0 Å². The molecule has 1 fully saturated rings. The number of carboxylic acid groups (broad SMARTS) is 1. The first-order valence-electron chi connectivity index (χ1n) is 14.1. The summed E-state index contributed by atoms with van der Waals surface area (Å²) in [5.74, 6) is -0.0527. The topological polar surface area (TPSA) is 68.0 Å². The fourth-order valence-corrected chi connectivity index (χ4v) is 6.20.